The molecule has 0 atom stereocenters. The molecule has 0 fully saturated rings. The lowest BCUT2D eigenvalue weighted by molar-refractivity contribution is -0.121. The summed E-state index contributed by atoms with van der Waals surface area (Å²) in [5, 5.41) is 2.91. The number of hydrogen-bond acceptors (Lipinski definition) is 3. The Bertz CT molecular complexity index is 931. The van der Waals surface area contributed by atoms with Crippen molar-refractivity contribution in [1.29, 1.82) is 0 Å². The highest BCUT2D eigenvalue weighted by Gasteiger charge is 2.14. The molecule has 0 aliphatic carbocycles. The number of rotatable bonds is 8. The summed E-state index contributed by atoms with van der Waals surface area (Å²) in [5.74, 6) is 0.655. The third-order valence-electron chi connectivity index (χ3n) is 4.11. The number of carbonyl (C=O) groups is 1. The summed E-state index contributed by atoms with van der Waals surface area (Å²) in [4.78, 5) is 26.1. The van der Waals surface area contributed by atoms with Gasteiger partial charge in [0.1, 0.15) is 6.54 Å². The molecule has 1 N–H and O–H groups in total. The first kappa shape index (κ1) is 18.3. The summed E-state index contributed by atoms with van der Waals surface area (Å²) >= 11 is 1.70. The first-order valence-electron chi connectivity index (χ1n) is 8.83. The van der Waals surface area contributed by atoms with Gasteiger partial charge in [-0.1, -0.05) is 37.3 Å². The van der Waals surface area contributed by atoms with Gasteiger partial charge in [0, 0.05) is 23.7 Å². The minimum absolute atomic E-state index is 0.0477. The molecular formula is C20H23N3O2S. The van der Waals surface area contributed by atoms with Crippen molar-refractivity contribution in [2.24, 2.45) is 0 Å². The van der Waals surface area contributed by atoms with Crippen molar-refractivity contribution >= 4 is 28.7 Å². The maximum absolute atomic E-state index is 12.7. The largest absolute Gasteiger partial charge is 0.354 e. The number of nitrogens with zero attached hydrogens (tertiary/aromatic N) is 2. The molecule has 1 heterocycles. The number of fused-ring (bicyclic) bond motifs is 1. The van der Waals surface area contributed by atoms with Gasteiger partial charge in [-0.2, -0.15) is 0 Å². The Morgan fingerprint density at radius 1 is 1.00 bits per heavy atom. The Kier molecular flexibility index (Phi) is 6.17. The van der Waals surface area contributed by atoms with Crippen LogP contribution in [-0.4, -0.2) is 27.3 Å². The highest BCUT2D eigenvalue weighted by atomic mass is 32.2. The van der Waals surface area contributed by atoms with Crippen LogP contribution in [0.25, 0.3) is 11.0 Å². The standard InChI is InChI=1S/C20H23N3O2S/c1-2-13-22-17-10-6-7-11-18(17)23(20(22)25)15-19(24)21-12-14-26-16-8-4-3-5-9-16/h3-11H,2,12-15H2,1H3,(H,21,24). The van der Waals surface area contributed by atoms with Crippen molar-refractivity contribution in [2.75, 3.05) is 12.3 Å². The van der Waals surface area contributed by atoms with Gasteiger partial charge in [0.15, 0.2) is 0 Å². The molecule has 26 heavy (non-hydrogen) atoms. The van der Waals surface area contributed by atoms with Crippen LogP contribution in [0.3, 0.4) is 0 Å². The molecule has 0 saturated heterocycles. The van der Waals surface area contributed by atoms with Gasteiger partial charge in [-0.3, -0.25) is 13.9 Å². The number of amides is 1. The van der Waals surface area contributed by atoms with Crippen LogP contribution >= 0.6 is 11.8 Å². The van der Waals surface area contributed by atoms with E-state index >= 15 is 0 Å². The van der Waals surface area contributed by atoms with E-state index < -0.39 is 0 Å². The minimum Gasteiger partial charge on any atom is -0.354 e. The Balaban J connectivity index is 1.62. The molecule has 1 amide bonds. The van der Waals surface area contributed by atoms with Crippen LogP contribution in [0, 0.1) is 0 Å². The number of thioether (sulfide) groups is 1. The molecule has 3 rings (SSSR count). The molecule has 0 saturated carbocycles. The minimum atomic E-state index is -0.139. The lowest BCUT2D eigenvalue weighted by atomic mass is 10.3. The van der Waals surface area contributed by atoms with Gasteiger partial charge in [-0.15, -0.1) is 11.8 Å². The van der Waals surface area contributed by atoms with E-state index in [1.165, 1.54) is 4.90 Å². The van der Waals surface area contributed by atoms with Crippen molar-refractivity contribution in [3.63, 3.8) is 0 Å². The molecular weight excluding hydrogens is 346 g/mol. The number of aryl methyl sites for hydroxylation is 1. The number of hydrogen-bond donors (Lipinski definition) is 1. The van der Waals surface area contributed by atoms with E-state index in [4.69, 9.17) is 0 Å². The van der Waals surface area contributed by atoms with Crippen molar-refractivity contribution in [3.05, 3.63) is 65.1 Å². The van der Waals surface area contributed by atoms with Crippen LogP contribution in [0.5, 0.6) is 0 Å². The predicted molar refractivity (Wildman–Crippen MR) is 107 cm³/mol. The monoisotopic (exact) mass is 369 g/mol. The van der Waals surface area contributed by atoms with Crippen LogP contribution in [0.2, 0.25) is 0 Å². The highest BCUT2D eigenvalue weighted by Crippen LogP contribution is 2.16. The zero-order valence-corrected chi connectivity index (χ0v) is 15.7. The van der Waals surface area contributed by atoms with Crippen molar-refractivity contribution < 1.29 is 4.79 Å². The molecule has 3 aromatic rings. The summed E-state index contributed by atoms with van der Waals surface area (Å²) < 4.78 is 3.30. The predicted octanol–water partition coefficient (Wildman–Crippen LogP) is 3.12. The summed E-state index contributed by atoms with van der Waals surface area (Å²) in [5.41, 5.74) is 1.56. The molecule has 0 aliphatic rings. The molecule has 0 radical (unpaired) electrons. The first-order valence-corrected chi connectivity index (χ1v) is 9.82. The summed E-state index contributed by atoms with van der Waals surface area (Å²) in [7, 11) is 0. The van der Waals surface area contributed by atoms with Gasteiger partial charge in [-0.05, 0) is 30.7 Å². The van der Waals surface area contributed by atoms with Crippen molar-refractivity contribution in [2.45, 2.75) is 31.3 Å². The molecule has 0 aliphatic heterocycles. The Morgan fingerprint density at radius 3 is 2.35 bits per heavy atom. The van der Waals surface area contributed by atoms with E-state index in [2.05, 4.69) is 17.4 Å². The van der Waals surface area contributed by atoms with Gasteiger partial charge in [0.2, 0.25) is 5.91 Å². The van der Waals surface area contributed by atoms with Gasteiger partial charge >= 0.3 is 5.69 Å². The topological polar surface area (TPSA) is 56.0 Å². The Morgan fingerprint density at radius 2 is 1.65 bits per heavy atom. The molecule has 1 aromatic heterocycles. The van der Waals surface area contributed by atoms with Gasteiger partial charge in [0.25, 0.3) is 0 Å². The maximum atomic E-state index is 12.7. The van der Waals surface area contributed by atoms with E-state index in [-0.39, 0.29) is 18.1 Å². The van der Waals surface area contributed by atoms with E-state index in [1.54, 1.807) is 20.9 Å². The fraction of sp³-hybridized carbons (Fsp3) is 0.300. The lowest BCUT2D eigenvalue weighted by Gasteiger charge is -2.06. The van der Waals surface area contributed by atoms with Gasteiger partial charge < -0.3 is 5.32 Å². The van der Waals surface area contributed by atoms with Crippen LogP contribution in [0.1, 0.15) is 13.3 Å². The smallest absolute Gasteiger partial charge is 0.329 e. The van der Waals surface area contributed by atoms with Crippen molar-refractivity contribution in [3.8, 4) is 0 Å². The van der Waals surface area contributed by atoms with E-state index in [1.807, 2.05) is 49.4 Å². The van der Waals surface area contributed by atoms with Crippen LogP contribution in [-0.2, 0) is 17.9 Å². The molecule has 2 aromatic carbocycles. The second-order valence-corrected chi connectivity index (χ2v) is 7.19. The van der Waals surface area contributed by atoms with Crippen LogP contribution in [0.4, 0.5) is 0 Å². The fourth-order valence-electron chi connectivity index (χ4n) is 2.94. The van der Waals surface area contributed by atoms with E-state index in [9.17, 15) is 9.59 Å². The van der Waals surface area contributed by atoms with Crippen molar-refractivity contribution in [1.82, 2.24) is 14.5 Å². The van der Waals surface area contributed by atoms with E-state index in [0.717, 1.165) is 23.2 Å². The first-order chi connectivity index (χ1) is 12.7. The second-order valence-electron chi connectivity index (χ2n) is 6.02. The normalized spacial score (nSPS) is 11.0. The quantitative estimate of drug-likeness (QED) is 0.490. The van der Waals surface area contributed by atoms with Crippen LogP contribution < -0.4 is 11.0 Å². The van der Waals surface area contributed by atoms with E-state index in [0.29, 0.717) is 13.1 Å². The molecule has 0 unspecified atom stereocenters. The average Bonchev–Trinajstić information content (AvgIpc) is 2.92. The Labute approximate surface area is 157 Å². The van der Waals surface area contributed by atoms with Gasteiger partial charge in [0.05, 0.1) is 11.0 Å². The molecule has 0 spiro atoms. The summed E-state index contributed by atoms with van der Waals surface area (Å²) in [6, 6.07) is 17.7. The van der Waals surface area contributed by atoms with Gasteiger partial charge in [-0.25, -0.2) is 4.79 Å². The maximum Gasteiger partial charge on any atom is 0.329 e. The zero-order chi connectivity index (χ0) is 18.4. The third-order valence-corrected chi connectivity index (χ3v) is 5.12. The number of aromatic nitrogens is 2. The molecule has 136 valence electrons. The summed E-state index contributed by atoms with van der Waals surface area (Å²) in [6.07, 6.45) is 0.872. The highest BCUT2D eigenvalue weighted by molar-refractivity contribution is 7.99. The number of nitrogens with one attached hydrogen (secondary N) is 1. The Hall–Kier alpha value is -2.47. The second kappa shape index (κ2) is 8.76. The molecule has 0 bridgehead atoms. The van der Waals surface area contributed by atoms with Crippen LogP contribution in [0.15, 0.2) is 64.3 Å². The number of carbonyl (C=O) groups excluding carboxylic acids is 1. The lowest BCUT2D eigenvalue weighted by Crippen LogP contribution is -2.34. The molecule has 6 heteroatoms. The SMILES string of the molecule is CCCn1c(=O)n(CC(=O)NCCSc2ccccc2)c2ccccc21. The average molecular weight is 369 g/mol. The summed E-state index contributed by atoms with van der Waals surface area (Å²) in [6.45, 7) is 3.31. The number of imidazole rings is 1. The zero-order valence-electron chi connectivity index (χ0n) is 14.9. The number of para-hydroxylation sites is 2. The third kappa shape index (κ3) is 4.19. The molecule has 5 nitrogen and oxygen atoms in total. The number of benzene rings is 2. The fourth-order valence-corrected chi connectivity index (χ4v) is 3.73.